The lowest BCUT2D eigenvalue weighted by Gasteiger charge is -2.36. The van der Waals surface area contributed by atoms with Crippen LogP contribution in [0.5, 0.6) is 0 Å². The molecule has 0 aliphatic carbocycles. The Bertz CT molecular complexity index is 627. The molecule has 1 saturated heterocycles. The van der Waals surface area contributed by atoms with Gasteiger partial charge in [-0.25, -0.2) is 4.39 Å². The number of rotatable bonds is 2. The van der Waals surface area contributed by atoms with Crippen molar-refractivity contribution in [2.24, 2.45) is 0 Å². The summed E-state index contributed by atoms with van der Waals surface area (Å²) in [6.07, 6.45) is 3.52. The number of aromatic nitrogens is 1. The van der Waals surface area contributed by atoms with Crippen LogP contribution in [-0.2, 0) is 6.54 Å². The third kappa shape index (κ3) is 2.81. The minimum absolute atomic E-state index is 0.232. The summed E-state index contributed by atoms with van der Waals surface area (Å²) < 4.78 is 13.7. The number of β-amino-alcohol motifs (C(OH)–C–C–N with tert-alkyl or cyclic N) is 1. The molecule has 0 amide bonds. The van der Waals surface area contributed by atoms with Crippen molar-refractivity contribution in [1.29, 1.82) is 0 Å². The Balaban J connectivity index is 1.90. The van der Waals surface area contributed by atoms with Crippen molar-refractivity contribution >= 4 is 10.9 Å². The molecule has 0 saturated carbocycles. The molecule has 3 nitrogen and oxygen atoms in total. The largest absolute Gasteiger partial charge is 0.389 e. The van der Waals surface area contributed by atoms with E-state index in [1.807, 2.05) is 19.1 Å². The second kappa shape index (κ2) is 5.11. The van der Waals surface area contributed by atoms with E-state index < -0.39 is 5.60 Å². The third-order valence-electron chi connectivity index (χ3n) is 3.90. The summed E-state index contributed by atoms with van der Waals surface area (Å²) in [4.78, 5) is 6.54. The first-order valence-electron chi connectivity index (χ1n) is 7.01. The van der Waals surface area contributed by atoms with Crippen LogP contribution in [0.15, 0.2) is 30.5 Å². The number of aliphatic hydroxyl groups is 1. The van der Waals surface area contributed by atoms with E-state index in [-0.39, 0.29) is 5.82 Å². The Morgan fingerprint density at radius 1 is 1.45 bits per heavy atom. The van der Waals surface area contributed by atoms with Crippen molar-refractivity contribution in [2.45, 2.75) is 31.9 Å². The summed E-state index contributed by atoms with van der Waals surface area (Å²) in [5.41, 5.74) is 1.09. The molecule has 4 heteroatoms. The lowest BCUT2D eigenvalue weighted by Crippen LogP contribution is -2.45. The van der Waals surface area contributed by atoms with Gasteiger partial charge in [0.25, 0.3) is 0 Å². The van der Waals surface area contributed by atoms with Crippen molar-refractivity contribution in [3.05, 3.63) is 41.8 Å². The highest BCUT2D eigenvalue weighted by Gasteiger charge is 2.28. The van der Waals surface area contributed by atoms with Gasteiger partial charge in [-0.3, -0.25) is 9.88 Å². The van der Waals surface area contributed by atoms with E-state index in [0.717, 1.165) is 35.9 Å². The molecule has 106 valence electrons. The topological polar surface area (TPSA) is 36.4 Å². The second-order valence-corrected chi connectivity index (χ2v) is 5.95. The molecule has 0 spiro atoms. The lowest BCUT2D eigenvalue weighted by molar-refractivity contribution is -0.0180. The summed E-state index contributed by atoms with van der Waals surface area (Å²) in [6.45, 7) is 4.04. The van der Waals surface area contributed by atoms with Crippen LogP contribution in [-0.4, -0.2) is 33.7 Å². The highest BCUT2D eigenvalue weighted by atomic mass is 19.1. The third-order valence-corrected chi connectivity index (χ3v) is 3.90. The van der Waals surface area contributed by atoms with E-state index in [1.165, 1.54) is 6.07 Å². The van der Waals surface area contributed by atoms with E-state index in [9.17, 15) is 9.50 Å². The fraction of sp³-hybridized carbons (Fsp3) is 0.438. The molecule has 20 heavy (non-hydrogen) atoms. The normalized spacial score (nSPS) is 24.1. The summed E-state index contributed by atoms with van der Waals surface area (Å²) in [7, 11) is 0. The smallest absolute Gasteiger partial charge is 0.124 e. The van der Waals surface area contributed by atoms with Gasteiger partial charge < -0.3 is 5.11 Å². The number of piperidine rings is 1. The fourth-order valence-electron chi connectivity index (χ4n) is 3.05. The molecule has 0 bridgehead atoms. The molecule has 2 aromatic rings. The molecule has 1 aromatic heterocycles. The van der Waals surface area contributed by atoms with Crippen molar-refractivity contribution in [1.82, 2.24) is 9.88 Å². The first-order valence-corrected chi connectivity index (χ1v) is 7.01. The number of hydrogen-bond acceptors (Lipinski definition) is 3. The Morgan fingerprint density at radius 3 is 3.10 bits per heavy atom. The highest BCUT2D eigenvalue weighted by Crippen LogP contribution is 2.24. The molecule has 1 N–H and O–H groups in total. The van der Waals surface area contributed by atoms with Crippen LogP contribution in [0.4, 0.5) is 4.39 Å². The molecule has 1 aliphatic heterocycles. The van der Waals surface area contributed by atoms with Crippen molar-refractivity contribution in [2.75, 3.05) is 13.1 Å². The molecule has 1 aromatic carbocycles. The van der Waals surface area contributed by atoms with Gasteiger partial charge in [-0.2, -0.15) is 0 Å². The van der Waals surface area contributed by atoms with Crippen LogP contribution in [0.1, 0.15) is 25.3 Å². The lowest BCUT2D eigenvalue weighted by atomic mass is 9.94. The van der Waals surface area contributed by atoms with E-state index >= 15 is 0 Å². The Kier molecular flexibility index (Phi) is 3.44. The van der Waals surface area contributed by atoms with Crippen LogP contribution in [0, 0.1) is 5.82 Å². The Hall–Kier alpha value is -1.52. The maximum atomic E-state index is 13.7. The van der Waals surface area contributed by atoms with E-state index in [1.54, 1.807) is 12.3 Å². The van der Waals surface area contributed by atoms with Gasteiger partial charge in [0, 0.05) is 24.7 Å². The number of halogens is 1. The van der Waals surface area contributed by atoms with E-state index in [0.29, 0.717) is 13.1 Å². The molecule has 1 unspecified atom stereocenters. The predicted octanol–water partition coefficient (Wildman–Crippen LogP) is 2.72. The standard InChI is InChI=1S/C16H19FN2O/c1-16(20)5-3-7-19(11-16)10-13-9-14(17)8-12-4-2-6-18-15(12)13/h2,4,6,8-9,20H,3,5,7,10-11H2,1H3. The summed E-state index contributed by atoms with van der Waals surface area (Å²) in [5.74, 6) is -0.232. The zero-order valence-electron chi connectivity index (χ0n) is 11.6. The van der Waals surface area contributed by atoms with Gasteiger partial charge in [0.2, 0.25) is 0 Å². The maximum Gasteiger partial charge on any atom is 0.124 e. The molecule has 1 aliphatic rings. The number of benzene rings is 1. The SMILES string of the molecule is CC1(O)CCCN(Cc2cc(F)cc3cccnc23)C1. The fourth-order valence-corrected chi connectivity index (χ4v) is 3.05. The van der Waals surface area contributed by atoms with Gasteiger partial charge in [-0.05, 0) is 50.1 Å². The molecule has 1 atom stereocenters. The van der Waals surface area contributed by atoms with Gasteiger partial charge in [-0.15, -0.1) is 0 Å². The zero-order chi connectivity index (χ0) is 14.2. The van der Waals surface area contributed by atoms with Crippen LogP contribution in [0.3, 0.4) is 0 Å². The molecule has 0 radical (unpaired) electrons. The van der Waals surface area contributed by atoms with Gasteiger partial charge in [0.05, 0.1) is 11.1 Å². The molecule has 3 rings (SSSR count). The van der Waals surface area contributed by atoms with Gasteiger partial charge in [0.15, 0.2) is 0 Å². The monoisotopic (exact) mass is 274 g/mol. The number of fused-ring (bicyclic) bond motifs is 1. The van der Waals surface area contributed by atoms with E-state index in [4.69, 9.17) is 0 Å². The first-order chi connectivity index (χ1) is 9.53. The van der Waals surface area contributed by atoms with Crippen LogP contribution >= 0.6 is 0 Å². The molecular weight excluding hydrogens is 255 g/mol. The second-order valence-electron chi connectivity index (χ2n) is 5.95. The zero-order valence-corrected chi connectivity index (χ0v) is 11.6. The highest BCUT2D eigenvalue weighted by molar-refractivity contribution is 5.81. The predicted molar refractivity (Wildman–Crippen MR) is 76.8 cm³/mol. The van der Waals surface area contributed by atoms with Crippen molar-refractivity contribution < 1.29 is 9.50 Å². The van der Waals surface area contributed by atoms with E-state index in [2.05, 4.69) is 9.88 Å². The Morgan fingerprint density at radius 2 is 2.30 bits per heavy atom. The number of hydrogen-bond donors (Lipinski definition) is 1. The molecule has 1 fully saturated rings. The molecule has 2 heterocycles. The average Bonchev–Trinajstić information content (AvgIpc) is 2.37. The van der Waals surface area contributed by atoms with Crippen molar-refractivity contribution in [3.8, 4) is 0 Å². The minimum Gasteiger partial charge on any atom is -0.389 e. The summed E-state index contributed by atoms with van der Waals surface area (Å²) >= 11 is 0. The first kappa shape index (κ1) is 13.5. The molecular formula is C16H19FN2O. The van der Waals surface area contributed by atoms with Gasteiger partial charge in [0.1, 0.15) is 5.82 Å². The van der Waals surface area contributed by atoms with Crippen LogP contribution in [0.25, 0.3) is 10.9 Å². The maximum absolute atomic E-state index is 13.7. The minimum atomic E-state index is -0.644. The van der Waals surface area contributed by atoms with Crippen LogP contribution < -0.4 is 0 Å². The van der Waals surface area contributed by atoms with Gasteiger partial charge in [-0.1, -0.05) is 6.07 Å². The number of pyridine rings is 1. The average molecular weight is 274 g/mol. The van der Waals surface area contributed by atoms with Crippen LogP contribution in [0.2, 0.25) is 0 Å². The summed E-state index contributed by atoms with van der Waals surface area (Å²) in [6, 6.07) is 6.76. The van der Waals surface area contributed by atoms with Gasteiger partial charge >= 0.3 is 0 Å². The number of likely N-dealkylation sites (tertiary alicyclic amines) is 1. The quantitative estimate of drug-likeness (QED) is 0.914. The summed E-state index contributed by atoms with van der Waals surface area (Å²) in [5, 5.41) is 11.0. The Labute approximate surface area is 118 Å². The number of nitrogens with zero attached hydrogens (tertiary/aromatic N) is 2. The van der Waals surface area contributed by atoms with Crippen molar-refractivity contribution in [3.63, 3.8) is 0 Å².